The van der Waals surface area contributed by atoms with Gasteiger partial charge in [-0.15, -0.1) is 0 Å². The van der Waals surface area contributed by atoms with E-state index in [1.807, 2.05) is 32.0 Å². The maximum absolute atomic E-state index is 12.3. The number of benzene rings is 2. The first-order chi connectivity index (χ1) is 13.9. The third-order valence-electron chi connectivity index (χ3n) is 4.37. The molecule has 0 spiro atoms. The van der Waals surface area contributed by atoms with Crippen LogP contribution in [0.1, 0.15) is 23.4 Å². The molecule has 0 unspecified atom stereocenters. The fourth-order valence-corrected chi connectivity index (χ4v) is 3.31. The molecule has 0 aliphatic heterocycles. The Balaban J connectivity index is 1.64. The van der Waals surface area contributed by atoms with Crippen molar-refractivity contribution in [3.8, 4) is 22.9 Å². The van der Waals surface area contributed by atoms with Crippen molar-refractivity contribution >= 4 is 23.2 Å². The van der Waals surface area contributed by atoms with Crippen LogP contribution in [0.4, 0.5) is 5.69 Å². The Morgan fingerprint density at radius 2 is 1.90 bits per heavy atom. The molecule has 8 heteroatoms. The molecule has 0 aliphatic rings. The van der Waals surface area contributed by atoms with E-state index in [1.165, 1.54) is 0 Å². The van der Waals surface area contributed by atoms with Crippen LogP contribution in [-0.2, 0) is 11.2 Å². The minimum absolute atomic E-state index is 0.176. The normalized spacial score (nSPS) is 10.7. The molecule has 152 valence electrons. The number of nitrogens with one attached hydrogen (secondary N) is 1. The van der Waals surface area contributed by atoms with Gasteiger partial charge < -0.3 is 19.3 Å². The van der Waals surface area contributed by atoms with Crippen molar-refractivity contribution in [2.45, 2.75) is 26.7 Å². The lowest BCUT2D eigenvalue weighted by Gasteiger charge is -2.11. The van der Waals surface area contributed by atoms with Gasteiger partial charge in [-0.2, -0.15) is 4.98 Å². The minimum atomic E-state index is -0.176. The standard InChI is InChI=1S/C21H22ClN3O4/c1-12-9-13(2)20(15(22)10-12)23-18(26)7-8-19-24-21(25-29-19)14-5-6-16(27-3)17(11-14)28-4/h5-6,9-11H,7-8H2,1-4H3,(H,23,26). The number of halogens is 1. The minimum Gasteiger partial charge on any atom is -0.493 e. The van der Waals surface area contributed by atoms with Gasteiger partial charge in [-0.3, -0.25) is 4.79 Å². The Hall–Kier alpha value is -3.06. The van der Waals surface area contributed by atoms with E-state index in [2.05, 4.69) is 15.5 Å². The van der Waals surface area contributed by atoms with Crippen molar-refractivity contribution in [1.29, 1.82) is 0 Å². The Kier molecular flexibility index (Phi) is 6.39. The van der Waals surface area contributed by atoms with E-state index in [1.54, 1.807) is 26.4 Å². The van der Waals surface area contributed by atoms with E-state index in [4.69, 9.17) is 25.6 Å². The summed E-state index contributed by atoms with van der Waals surface area (Å²) in [6.45, 7) is 3.86. The predicted molar refractivity (Wildman–Crippen MR) is 111 cm³/mol. The summed E-state index contributed by atoms with van der Waals surface area (Å²) in [4.78, 5) is 16.7. The lowest BCUT2D eigenvalue weighted by Crippen LogP contribution is -2.13. The van der Waals surface area contributed by atoms with Gasteiger partial charge in [0.15, 0.2) is 11.5 Å². The molecular weight excluding hydrogens is 394 g/mol. The topological polar surface area (TPSA) is 86.5 Å². The van der Waals surface area contributed by atoms with Gasteiger partial charge >= 0.3 is 0 Å². The van der Waals surface area contributed by atoms with Crippen LogP contribution >= 0.6 is 11.6 Å². The van der Waals surface area contributed by atoms with E-state index >= 15 is 0 Å². The predicted octanol–water partition coefficient (Wildman–Crippen LogP) is 4.60. The van der Waals surface area contributed by atoms with Gasteiger partial charge in [0, 0.05) is 18.4 Å². The van der Waals surface area contributed by atoms with E-state index in [-0.39, 0.29) is 12.3 Å². The lowest BCUT2D eigenvalue weighted by atomic mass is 10.1. The summed E-state index contributed by atoms with van der Waals surface area (Å²) in [5, 5.41) is 7.35. The zero-order valence-electron chi connectivity index (χ0n) is 16.7. The molecule has 1 amide bonds. The molecule has 3 rings (SSSR count). The number of rotatable bonds is 7. The third-order valence-corrected chi connectivity index (χ3v) is 4.67. The van der Waals surface area contributed by atoms with Crippen molar-refractivity contribution in [2.75, 3.05) is 19.5 Å². The first-order valence-corrected chi connectivity index (χ1v) is 9.40. The second kappa shape index (κ2) is 8.96. The van der Waals surface area contributed by atoms with Crippen molar-refractivity contribution in [2.24, 2.45) is 0 Å². The summed E-state index contributed by atoms with van der Waals surface area (Å²) < 4.78 is 15.8. The third kappa shape index (κ3) is 4.86. The molecule has 3 aromatic rings. The van der Waals surface area contributed by atoms with Crippen LogP contribution in [0.25, 0.3) is 11.4 Å². The molecule has 0 radical (unpaired) electrons. The lowest BCUT2D eigenvalue weighted by molar-refractivity contribution is -0.116. The number of methoxy groups -OCH3 is 2. The molecule has 2 aromatic carbocycles. The Morgan fingerprint density at radius 3 is 2.59 bits per heavy atom. The maximum Gasteiger partial charge on any atom is 0.227 e. The Morgan fingerprint density at radius 1 is 1.14 bits per heavy atom. The highest BCUT2D eigenvalue weighted by atomic mass is 35.5. The van der Waals surface area contributed by atoms with Crippen molar-refractivity contribution in [3.63, 3.8) is 0 Å². The van der Waals surface area contributed by atoms with Crippen LogP contribution < -0.4 is 14.8 Å². The smallest absolute Gasteiger partial charge is 0.227 e. The van der Waals surface area contributed by atoms with Gasteiger partial charge in [-0.05, 0) is 49.2 Å². The second-order valence-electron chi connectivity index (χ2n) is 6.57. The van der Waals surface area contributed by atoms with Gasteiger partial charge in [0.2, 0.25) is 17.6 Å². The highest BCUT2D eigenvalue weighted by molar-refractivity contribution is 6.34. The largest absolute Gasteiger partial charge is 0.493 e. The summed E-state index contributed by atoms with van der Waals surface area (Å²) in [6.07, 6.45) is 0.506. The van der Waals surface area contributed by atoms with Crippen molar-refractivity contribution < 1.29 is 18.8 Å². The number of carbonyl (C=O) groups excluding carboxylic acids is 1. The second-order valence-corrected chi connectivity index (χ2v) is 6.98. The SMILES string of the molecule is COc1ccc(-c2noc(CCC(=O)Nc3c(C)cc(C)cc3Cl)n2)cc1OC. The molecule has 29 heavy (non-hydrogen) atoms. The van der Waals surface area contributed by atoms with E-state index < -0.39 is 0 Å². The average molecular weight is 416 g/mol. The molecule has 0 atom stereocenters. The highest BCUT2D eigenvalue weighted by Gasteiger charge is 2.14. The van der Waals surface area contributed by atoms with Crippen molar-refractivity contribution in [1.82, 2.24) is 10.1 Å². The Labute approximate surface area is 174 Å². The van der Waals surface area contributed by atoms with Gasteiger partial charge in [-0.1, -0.05) is 22.8 Å². The number of amides is 1. The Bertz CT molecular complexity index is 1010. The number of hydrogen-bond donors (Lipinski definition) is 1. The summed E-state index contributed by atoms with van der Waals surface area (Å²) in [7, 11) is 3.13. The summed E-state index contributed by atoms with van der Waals surface area (Å²) in [5.74, 6) is 1.79. The first kappa shape index (κ1) is 20.7. The fraction of sp³-hybridized carbons (Fsp3) is 0.286. The molecule has 0 fully saturated rings. The average Bonchev–Trinajstić information content (AvgIpc) is 3.17. The summed E-state index contributed by atoms with van der Waals surface area (Å²) in [5.41, 5.74) is 3.30. The van der Waals surface area contributed by atoms with Crippen LogP contribution in [-0.4, -0.2) is 30.3 Å². The molecule has 1 heterocycles. The number of ether oxygens (including phenoxy) is 2. The molecule has 0 saturated heterocycles. The molecule has 7 nitrogen and oxygen atoms in total. The maximum atomic E-state index is 12.3. The number of aryl methyl sites for hydroxylation is 3. The fourth-order valence-electron chi connectivity index (χ4n) is 2.95. The van der Waals surface area contributed by atoms with Crippen LogP contribution in [0.3, 0.4) is 0 Å². The first-order valence-electron chi connectivity index (χ1n) is 9.03. The van der Waals surface area contributed by atoms with Crippen LogP contribution in [0.5, 0.6) is 11.5 Å². The molecule has 1 aromatic heterocycles. The van der Waals surface area contributed by atoms with E-state index in [9.17, 15) is 4.79 Å². The molecule has 0 bridgehead atoms. The van der Waals surface area contributed by atoms with Gasteiger partial charge in [0.05, 0.1) is 24.9 Å². The molecule has 0 saturated carbocycles. The highest BCUT2D eigenvalue weighted by Crippen LogP contribution is 2.31. The quantitative estimate of drug-likeness (QED) is 0.607. The number of aromatic nitrogens is 2. The van der Waals surface area contributed by atoms with E-state index in [0.717, 1.165) is 16.7 Å². The van der Waals surface area contributed by atoms with E-state index in [0.29, 0.717) is 40.3 Å². The van der Waals surface area contributed by atoms with Gasteiger partial charge in [-0.25, -0.2) is 0 Å². The number of anilines is 1. The van der Waals surface area contributed by atoms with Gasteiger partial charge in [0.1, 0.15) is 0 Å². The zero-order valence-corrected chi connectivity index (χ0v) is 17.5. The van der Waals surface area contributed by atoms with Crippen LogP contribution in [0.15, 0.2) is 34.9 Å². The van der Waals surface area contributed by atoms with Crippen LogP contribution in [0.2, 0.25) is 5.02 Å². The van der Waals surface area contributed by atoms with Crippen molar-refractivity contribution in [3.05, 3.63) is 52.4 Å². The summed E-state index contributed by atoms with van der Waals surface area (Å²) >= 11 is 6.24. The molecule has 1 N–H and O–H groups in total. The summed E-state index contributed by atoms with van der Waals surface area (Å²) in [6, 6.07) is 9.13. The number of hydrogen-bond acceptors (Lipinski definition) is 6. The van der Waals surface area contributed by atoms with Crippen LogP contribution in [0, 0.1) is 13.8 Å². The number of carbonyl (C=O) groups is 1. The molecular formula is C21H22ClN3O4. The molecule has 0 aliphatic carbocycles. The monoisotopic (exact) mass is 415 g/mol. The van der Waals surface area contributed by atoms with Gasteiger partial charge in [0.25, 0.3) is 0 Å². The number of nitrogens with zero attached hydrogens (tertiary/aromatic N) is 2. The zero-order chi connectivity index (χ0) is 21.0.